The van der Waals surface area contributed by atoms with Crippen LogP contribution in [0.2, 0.25) is 0 Å². The standard InChI is InChI=1S/C20H19N7O3/c1-25(2)20(30)15-11-21-26(3)17(15)19(29)22-13-7-8-27-16(10-13)23-18(24-27)12-5-4-6-14(28)9-12/h4-11,28H,1-3H3,(H,22,29). The summed E-state index contributed by atoms with van der Waals surface area (Å²) in [5, 5.41) is 20.9. The third-order valence-corrected chi connectivity index (χ3v) is 4.49. The molecule has 0 fully saturated rings. The third-order valence-electron chi connectivity index (χ3n) is 4.49. The molecule has 0 bridgehead atoms. The highest BCUT2D eigenvalue weighted by Crippen LogP contribution is 2.22. The molecule has 0 saturated carbocycles. The second-order valence-electron chi connectivity index (χ2n) is 6.89. The molecule has 1 aromatic carbocycles. The Labute approximate surface area is 171 Å². The average Bonchev–Trinajstić information content (AvgIpc) is 3.30. The monoisotopic (exact) mass is 405 g/mol. The SMILES string of the molecule is CN(C)C(=O)c1cnn(C)c1C(=O)Nc1ccn2nc(-c3cccc(O)c3)nc2c1. The number of carbonyl (C=O) groups is 2. The number of amides is 2. The number of fused-ring (bicyclic) bond motifs is 1. The van der Waals surface area contributed by atoms with Gasteiger partial charge in [-0.3, -0.25) is 14.3 Å². The second kappa shape index (κ2) is 7.32. The minimum absolute atomic E-state index is 0.124. The molecule has 10 nitrogen and oxygen atoms in total. The molecular weight excluding hydrogens is 386 g/mol. The van der Waals surface area contributed by atoms with Crippen LogP contribution in [0, 0.1) is 0 Å². The number of hydrogen-bond donors (Lipinski definition) is 2. The quantitative estimate of drug-likeness (QED) is 0.535. The molecule has 0 saturated heterocycles. The summed E-state index contributed by atoms with van der Waals surface area (Å²) in [6.07, 6.45) is 3.04. The smallest absolute Gasteiger partial charge is 0.274 e. The number of rotatable bonds is 4. The van der Waals surface area contributed by atoms with Crippen molar-refractivity contribution in [2.24, 2.45) is 7.05 Å². The van der Waals surface area contributed by atoms with Crippen LogP contribution in [-0.4, -0.2) is 60.3 Å². The van der Waals surface area contributed by atoms with Gasteiger partial charge in [-0.05, 0) is 18.2 Å². The van der Waals surface area contributed by atoms with Gasteiger partial charge in [-0.1, -0.05) is 12.1 Å². The predicted molar refractivity (Wildman–Crippen MR) is 109 cm³/mol. The van der Waals surface area contributed by atoms with Crippen molar-refractivity contribution >= 4 is 23.1 Å². The summed E-state index contributed by atoms with van der Waals surface area (Å²) >= 11 is 0. The fourth-order valence-electron chi connectivity index (χ4n) is 3.02. The molecule has 0 aliphatic carbocycles. The maximum absolute atomic E-state index is 12.8. The Morgan fingerprint density at radius 1 is 1.17 bits per heavy atom. The van der Waals surface area contributed by atoms with Crippen LogP contribution >= 0.6 is 0 Å². The summed E-state index contributed by atoms with van der Waals surface area (Å²) in [7, 11) is 4.82. The van der Waals surface area contributed by atoms with Crippen molar-refractivity contribution < 1.29 is 14.7 Å². The van der Waals surface area contributed by atoms with Gasteiger partial charge in [0.1, 0.15) is 11.4 Å². The third kappa shape index (κ3) is 3.46. The Morgan fingerprint density at radius 2 is 1.97 bits per heavy atom. The average molecular weight is 405 g/mol. The number of aromatic hydroxyl groups is 1. The number of aryl methyl sites for hydroxylation is 1. The summed E-state index contributed by atoms with van der Waals surface area (Å²) < 4.78 is 2.93. The summed E-state index contributed by atoms with van der Waals surface area (Å²) in [5.74, 6) is -0.201. The lowest BCUT2D eigenvalue weighted by atomic mass is 10.2. The largest absolute Gasteiger partial charge is 0.508 e. The number of nitrogens with one attached hydrogen (secondary N) is 1. The number of nitrogens with zero attached hydrogens (tertiary/aromatic N) is 6. The van der Waals surface area contributed by atoms with E-state index < -0.39 is 5.91 Å². The van der Waals surface area contributed by atoms with E-state index in [0.717, 1.165) is 0 Å². The number of benzene rings is 1. The Morgan fingerprint density at radius 3 is 2.70 bits per heavy atom. The zero-order chi connectivity index (χ0) is 21.4. The molecule has 30 heavy (non-hydrogen) atoms. The van der Waals surface area contributed by atoms with Gasteiger partial charge in [0.25, 0.3) is 11.8 Å². The van der Waals surface area contributed by atoms with Gasteiger partial charge in [-0.25, -0.2) is 9.50 Å². The van der Waals surface area contributed by atoms with E-state index in [2.05, 4.69) is 20.5 Å². The molecule has 0 radical (unpaired) electrons. The van der Waals surface area contributed by atoms with Gasteiger partial charge in [0, 0.05) is 44.7 Å². The van der Waals surface area contributed by atoms with E-state index in [1.807, 2.05) is 0 Å². The van der Waals surface area contributed by atoms with E-state index in [4.69, 9.17) is 0 Å². The van der Waals surface area contributed by atoms with Gasteiger partial charge in [0.15, 0.2) is 11.5 Å². The number of phenols is 1. The minimum Gasteiger partial charge on any atom is -0.508 e. The number of hydrogen-bond acceptors (Lipinski definition) is 6. The Bertz CT molecular complexity index is 1270. The highest BCUT2D eigenvalue weighted by Gasteiger charge is 2.23. The van der Waals surface area contributed by atoms with Crippen molar-refractivity contribution in [3.63, 3.8) is 0 Å². The summed E-state index contributed by atoms with van der Waals surface area (Å²) in [6.45, 7) is 0. The predicted octanol–water partition coefficient (Wildman–Crippen LogP) is 1.79. The van der Waals surface area contributed by atoms with Gasteiger partial charge in [0.2, 0.25) is 0 Å². The van der Waals surface area contributed by atoms with Gasteiger partial charge in [-0.15, -0.1) is 5.10 Å². The van der Waals surface area contributed by atoms with Crippen molar-refractivity contribution in [3.05, 3.63) is 60.0 Å². The minimum atomic E-state index is -0.461. The van der Waals surface area contributed by atoms with Crippen LogP contribution in [0.1, 0.15) is 20.8 Å². The van der Waals surface area contributed by atoms with Crippen LogP contribution in [0.3, 0.4) is 0 Å². The Kier molecular flexibility index (Phi) is 4.66. The lowest BCUT2D eigenvalue weighted by molar-refractivity contribution is 0.0821. The molecule has 3 heterocycles. The number of anilines is 1. The van der Waals surface area contributed by atoms with Crippen molar-refractivity contribution in [2.75, 3.05) is 19.4 Å². The summed E-state index contributed by atoms with van der Waals surface area (Å²) in [5.41, 5.74) is 2.06. The molecular formula is C20H19N7O3. The van der Waals surface area contributed by atoms with Gasteiger partial charge >= 0.3 is 0 Å². The Hall–Kier alpha value is -4.21. The van der Waals surface area contributed by atoms with E-state index >= 15 is 0 Å². The van der Waals surface area contributed by atoms with E-state index in [-0.39, 0.29) is 22.9 Å². The second-order valence-corrected chi connectivity index (χ2v) is 6.89. The molecule has 152 valence electrons. The van der Waals surface area contributed by atoms with Crippen molar-refractivity contribution in [2.45, 2.75) is 0 Å². The first kappa shape index (κ1) is 19.1. The van der Waals surface area contributed by atoms with Gasteiger partial charge in [0.05, 0.1) is 11.8 Å². The summed E-state index contributed by atoms with van der Waals surface area (Å²) in [6, 6.07) is 9.99. The number of carbonyl (C=O) groups excluding carboxylic acids is 2. The van der Waals surface area contributed by atoms with E-state index in [9.17, 15) is 14.7 Å². The topological polar surface area (TPSA) is 118 Å². The van der Waals surface area contributed by atoms with Crippen molar-refractivity contribution in [1.82, 2.24) is 29.3 Å². The van der Waals surface area contributed by atoms with E-state index in [1.165, 1.54) is 15.8 Å². The van der Waals surface area contributed by atoms with Crippen LogP contribution in [-0.2, 0) is 7.05 Å². The van der Waals surface area contributed by atoms with Crippen LogP contribution < -0.4 is 5.32 Å². The molecule has 0 atom stereocenters. The fourth-order valence-corrected chi connectivity index (χ4v) is 3.02. The molecule has 2 N–H and O–H groups in total. The van der Waals surface area contributed by atoms with Gasteiger partial charge in [-0.2, -0.15) is 5.10 Å². The van der Waals surface area contributed by atoms with Crippen molar-refractivity contribution in [3.8, 4) is 17.1 Å². The maximum Gasteiger partial charge on any atom is 0.274 e. The maximum atomic E-state index is 12.8. The molecule has 3 aromatic heterocycles. The van der Waals surface area contributed by atoms with Crippen LogP contribution in [0.4, 0.5) is 5.69 Å². The number of phenolic OH excluding ortho intramolecular Hbond substituents is 1. The molecule has 4 rings (SSSR count). The van der Waals surface area contributed by atoms with E-state index in [1.54, 1.807) is 68.3 Å². The van der Waals surface area contributed by atoms with Crippen LogP contribution in [0.25, 0.3) is 17.0 Å². The zero-order valence-electron chi connectivity index (χ0n) is 16.6. The lowest BCUT2D eigenvalue weighted by Crippen LogP contribution is -2.26. The molecule has 4 aromatic rings. The first-order chi connectivity index (χ1) is 14.3. The first-order valence-electron chi connectivity index (χ1n) is 9.04. The highest BCUT2D eigenvalue weighted by molar-refractivity contribution is 6.11. The Balaban J connectivity index is 1.63. The van der Waals surface area contributed by atoms with Crippen LogP contribution in [0.5, 0.6) is 5.75 Å². The van der Waals surface area contributed by atoms with Crippen LogP contribution in [0.15, 0.2) is 48.8 Å². The zero-order valence-corrected chi connectivity index (χ0v) is 16.6. The molecule has 0 spiro atoms. The molecule has 2 amide bonds. The van der Waals surface area contributed by atoms with E-state index in [0.29, 0.717) is 22.7 Å². The number of pyridine rings is 1. The first-order valence-corrected chi connectivity index (χ1v) is 9.04. The number of aromatic nitrogens is 5. The van der Waals surface area contributed by atoms with Crippen molar-refractivity contribution in [1.29, 1.82) is 0 Å². The van der Waals surface area contributed by atoms with Gasteiger partial charge < -0.3 is 15.3 Å². The molecule has 0 unspecified atom stereocenters. The molecule has 10 heteroatoms. The fraction of sp³-hybridized carbons (Fsp3) is 0.150. The normalized spacial score (nSPS) is 10.9. The summed E-state index contributed by atoms with van der Waals surface area (Å²) in [4.78, 5) is 31.0. The molecule has 0 aliphatic heterocycles. The molecule has 0 aliphatic rings. The lowest BCUT2D eigenvalue weighted by Gasteiger charge is -2.11. The highest BCUT2D eigenvalue weighted by atomic mass is 16.3.